The molecule has 0 saturated carbocycles. The van der Waals surface area contributed by atoms with Crippen LogP contribution in [0.25, 0.3) is 11.0 Å². The number of anilines is 1. The van der Waals surface area contributed by atoms with E-state index in [9.17, 15) is 9.59 Å². The summed E-state index contributed by atoms with van der Waals surface area (Å²) in [4.78, 5) is 24.0. The Balaban J connectivity index is 1.57. The Morgan fingerprint density at radius 1 is 1.19 bits per heavy atom. The quantitative estimate of drug-likeness (QED) is 0.727. The number of hydrogen-bond donors (Lipinski definition) is 2. The van der Waals surface area contributed by atoms with Crippen molar-refractivity contribution in [3.05, 3.63) is 58.8 Å². The molecule has 2 aromatic carbocycles. The molecule has 0 bridgehead atoms. The summed E-state index contributed by atoms with van der Waals surface area (Å²) < 4.78 is 10.9. The molecule has 0 radical (unpaired) electrons. The van der Waals surface area contributed by atoms with Crippen molar-refractivity contribution < 1.29 is 18.7 Å². The number of furan rings is 1. The van der Waals surface area contributed by atoms with Gasteiger partial charge in [0.05, 0.1) is 25.5 Å². The molecule has 0 aliphatic heterocycles. The second-order valence-corrected chi connectivity index (χ2v) is 6.74. The molecule has 0 atom stereocenters. The highest BCUT2D eigenvalue weighted by atomic mass is 16.5. The molecule has 27 heavy (non-hydrogen) atoms. The molecule has 1 heterocycles. The number of aryl methyl sites for hydroxylation is 2. The molecule has 2 amide bonds. The third kappa shape index (κ3) is 3.26. The highest BCUT2D eigenvalue weighted by Crippen LogP contribution is 2.31. The van der Waals surface area contributed by atoms with E-state index in [-0.39, 0.29) is 12.3 Å². The predicted molar refractivity (Wildman–Crippen MR) is 102 cm³/mol. The van der Waals surface area contributed by atoms with Crippen LogP contribution < -0.4 is 15.8 Å². The van der Waals surface area contributed by atoms with Gasteiger partial charge >= 0.3 is 0 Å². The first kappa shape index (κ1) is 17.1. The lowest BCUT2D eigenvalue weighted by Crippen LogP contribution is -2.16. The second kappa shape index (κ2) is 6.79. The summed E-state index contributed by atoms with van der Waals surface area (Å²) in [6, 6.07) is 8.89. The number of carbonyl (C=O) groups is 2. The van der Waals surface area contributed by atoms with Crippen LogP contribution in [-0.2, 0) is 24.1 Å². The van der Waals surface area contributed by atoms with Gasteiger partial charge in [0.15, 0.2) is 0 Å². The summed E-state index contributed by atoms with van der Waals surface area (Å²) in [6.07, 6.45) is 5.11. The highest BCUT2D eigenvalue weighted by Gasteiger charge is 2.17. The van der Waals surface area contributed by atoms with Gasteiger partial charge in [-0.05, 0) is 60.7 Å². The van der Waals surface area contributed by atoms with Crippen LogP contribution in [0, 0.1) is 0 Å². The predicted octanol–water partition coefficient (Wildman–Crippen LogP) is 3.21. The first-order valence-corrected chi connectivity index (χ1v) is 8.84. The number of carbonyl (C=O) groups excluding carboxylic acids is 2. The number of amides is 2. The summed E-state index contributed by atoms with van der Waals surface area (Å²) in [6.45, 7) is 0. The smallest absolute Gasteiger partial charge is 0.248 e. The minimum Gasteiger partial charge on any atom is -0.495 e. The molecule has 0 fully saturated rings. The van der Waals surface area contributed by atoms with Gasteiger partial charge in [0.1, 0.15) is 11.3 Å². The van der Waals surface area contributed by atoms with Crippen molar-refractivity contribution in [2.75, 3.05) is 12.4 Å². The van der Waals surface area contributed by atoms with Gasteiger partial charge in [0, 0.05) is 16.5 Å². The van der Waals surface area contributed by atoms with Gasteiger partial charge in [-0.15, -0.1) is 0 Å². The van der Waals surface area contributed by atoms with Crippen LogP contribution in [0.15, 0.2) is 41.0 Å². The Bertz CT molecular complexity index is 1050. The van der Waals surface area contributed by atoms with E-state index in [0.29, 0.717) is 17.0 Å². The van der Waals surface area contributed by atoms with Gasteiger partial charge in [-0.1, -0.05) is 0 Å². The van der Waals surface area contributed by atoms with E-state index >= 15 is 0 Å². The zero-order valence-electron chi connectivity index (χ0n) is 15.0. The van der Waals surface area contributed by atoms with E-state index in [2.05, 4.69) is 17.4 Å². The number of nitrogens with two attached hydrogens (primary N) is 1. The molecule has 1 aromatic heterocycles. The molecule has 3 aromatic rings. The number of nitrogens with one attached hydrogen (secondary N) is 1. The van der Waals surface area contributed by atoms with E-state index in [1.54, 1.807) is 18.4 Å². The Morgan fingerprint density at radius 2 is 1.96 bits per heavy atom. The number of ether oxygens (including phenoxy) is 1. The molecule has 3 N–H and O–H groups in total. The van der Waals surface area contributed by atoms with Crippen LogP contribution in [0.4, 0.5) is 5.69 Å². The Hall–Kier alpha value is -3.28. The van der Waals surface area contributed by atoms with E-state index in [0.717, 1.165) is 35.8 Å². The van der Waals surface area contributed by atoms with Gasteiger partial charge in [-0.2, -0.15) is 0 Å². The Kier molecular flexibility index (Phi) is 4.32. The van der Waals surface area contributed by atoms with E-state index in [4.69, 9.17) is 14.9 Å². The van der Waals surface area contributed by atoms with Crippen molar-refractivity contribution in [1.29, 1.82) is 0 Å². The fraction of sp³-hybridized carbons (Fsp3) is 0.238. The SMILES string of the molecule is COc1ccc(C(N)=O)cc1NC(=O)Cc1coc2cc3c(cc12)CCC3. The maximum absolute atomic E-state index is 12.6. The second-order valence-electron chi connectivity index (χ2n) is 6.74. The minimum atomic E-state index is -0.567. The standard InChI is InChI=1S/C21H20N2O4/c1-26-18-6-5-14(21(22)25)8-17(18)23-20(24)10-15-11-27-19-9-13-4-2-3-12(13)7-16(15)19/h5-9,11H,2-4,10H2,1H3,(H2,22,25)(H,23,24). The van der Waals surface area contributed by atoms with E-state index < -0.39 is 5.91 Å². The first-order chi connectivity index (χ1) is 13.0. The number of rotatable bonds is 5. The van der Waals surface area contributed by atoms with Crippen molar-refractivity contribution in [3.63, 3.8) is 0 Å². The van der Waals surface area contributed by atoms with Gasteiger partial charge in [0.25, 0.3) is 0 Å². The van der Waals surface area contributed by atoms with Crippen molar-refractivity contribution in [3.8, 4) is 5.75 Å². The molecule has 0 unspecified atom stereocenters. The number of fused-ring (bicyclic) bond motifs is 2. The highest BCUT2D eigenvalue weighted by molar-refractivity contribution is 5.99. The Morgan fingerprint density at radius 3 is 2.70 bits per heavy atom. The normalized spacial score (nSPS) is 12.8. The summed E-state index contributed by atoms with van der Waals surface area (Å²) in [7, 11) is 1.50. The molecular weight excluding hydrogens is 344 g/mol. The Labute approximate surface area is 156 Å². The number of hydrogen-bond acceptors (Lipinski definition) is 4. The average molecular weight is 364 g/mol. The van der Waals surface area contributed by atoms with E-state index in [1.807, 2.05) is 0 Å². The zero-order chi connectivity index (χ0) is 19.0. The van der Waals surface area contributed by atoms with Crippen molar-refractivity contribution >= 4 is 28.5 Å². The van der Waals surface area contributed by atoms with Gasteiger partial charge in [0.2, 0.25) is 11.8 Å². The zero-order valence-corrected chi connectivity index (χ0v) is 15.0. The molecule has 1 aliphatic rings. The van der Waals surface area contributed by atoms with Crippen LogP contribution in [0.3, 0.4) is 0 Å². The maximum Gasteiger partial charge on any atom is 0.248 e. The lowest BCUT2D eigenvalue weighted by Gasteiger charge is -2.11. The van der Waals surface area contributed by atoms with Crippen molar-refractivity contribution in [1.82, 2.24) is 0 Å². The maximum atomic E-state index is 12.6. The summed E-state index contributed by atoms with van der Waals surface area (Å²) >= 11 is 0. The fourth-order valence-corrected chi connectivity index (χ4v) is 3.61. The van der Waals surface area contributed by atoms with Crippen LogP contribution >= 0.6 is 0 Å². The third-order valence-electron chi connectivity index (χ3n) is 4.98. The molecule has 6 nitrogen and oxygen atoms in total. The van der Waals surface area contributed by atoms with Crippen molar-refractivity contribution in [2.24, 2.45) is 5.73 Å². The number of methoxy groups -OCH3 is 1. The molecule has 138 valence electrons. The fourth-order valence-electron chi connectivity index (χ4n) is 3.61. The largest absolute Gasteiger partial charge is 0.495 e. The lowest BCUT2D eigenvalue weighted by molar-refractivity contribution is -0.115. The topological polar surface area (TPSA) is 94.6 Å². The third-order valence-corrected chi connectivity index (χ3v) is 4.98. The molecule has 0 spiro atoms. The van der Waals surface area contributed by atoms with Crippen LogP contribution in [0.1, 0.15) is 33.5 Å². The molecule has 0 saturated heterocycles. The van der Waals surface area contributed by atoms with Gasteiger partial charge in [-0.25, -0.2) is 0 Å². The van der Waals surface area contributed by atoms with E-state index in [1.165, 1.54) is 24.3 Å². The molecule has 4 rings (SSSR count). The number of primary amides is 1. The molecule has 1 aliphatic carbocycles. The summed E-state index contributed by atoms with van der Waals surface area (Å²) in [5.41, 5.74) is 10.3. The van der Waals surface area contributed by atoms with Gasteiger partial charge in [-0.3, -0.25) is 9.59 Å². The monoisotopic (exact) mass is 364 g/mol. The van der Waals surface area contributed by atoms with Crippen LogP contribution in [-0.4, -0.2) is 18.9 Å². The first-order valence-electron chi connectivity index (χ1n) is 8.84. The summed E-state index contributed by atoms with van der Waals surface area (Å²) in [5.74, 6) is -0.329. The van der Waals surface area contributed by atoms with Crippen molar-refractivity contribution in [2.45, 2.75) is 25.7 Å². The van der Waals surface area contributed by atoms with Gasteiger partial charge < -0.3 is 20.2 Å². The summed E-state index contributed by atoms with van der Waals surface area (Å²) in [5, 5.41) is 3.77. The molecule has 6 heteroatoms. The lowest BCUT2D eigenvalue weighted by atomic mass is 10.0. The average Bonchev–Trinajstić information content (AvgIpc) is 3.26. The molecular formula is C21H20N2O4. The van der Waals surface area contributed by atoms with Crippen LogP contribution in [0.5, 0.6) is 5.75 Å². The minimum absolute atomic E-state index is 0.162. The number of benzene rings is 2. The van der Waals surface area contributed by atoms with Crippen LogP contribution in [0.2, 0.25) is 0 Å².